The minimum Gasteiger partial charge on any atom is -0.490 e. The molecular weight excluding hydrogens is 398 g/mol. The van der Waals surface area contributed by atoms with E-state index < -0.39 is 9.84 Å². The van der Waals surface area contributed by atoms with Crippen LogP contribution >= 0.6 is 31.9 Å². The lowest BCUT2D eigenvalue weighted by Gasteiger charge is -2.12. The van der Waals surface area contributed by atoms with Gasteiger partial charge in [0.2, 0.25) is 0 Å². The number of hydrogen-bond acceptors (Lipinski definition) is 4. The van der Waals surface area contributed by atoms with Crippen molar-refractivity contribution in [2.24, 2.45) is 0 Å². The summed E-state index contributed by atoms with van der Waals surface area (Å²) in [5, 5.41) is 3.07. The van der Waals surface area contributed by atoms with Crippen molar-refractivity contribution >= 4 is 41.7 Å². The lowest BCUT2D eigenvalue weighted by atomic mass is 10.2. The second-order valence-corrected chi connectivity index (χ2v) is 8.19. The molecule has 1 rings (SSSR count). The highest BCUT2D eigenvalue weighted by Crippen LogP contribution is 2.34. The van der Waals surface area contributed by atoms with E-state index in [9.17, 15) is 8.42 Å². The average Bonchev–Trinajstić information content (AvgIpc) is 2.33. The summed E-state index contributed by atoms with van der Waals surface area (Å²) in [6.45, 7) is 2.54. The van der Waals surface area contributed by atoms with Gasteiger partial charge in [-0.15, -0.1) is 0 Å². The van der Waals surface area contributed by atoms with Gasteiger partial charge in [-0.2, -0.15) is 0 Å². The van der Waals surface area contributed by atoms with Gasteiger partial charge < -0.3 is 10.1 Å². The van der Waals surface area contributed by atoms with Gasteiger partial charge in [-0.05, 0) is 56.6 Å². The van der Waals surface area contributed by atoms with Crippen molar-refractivity contribution in [3.63, 3.8) is 0 Å². The molecular formula is C12H17Br2NO3S. The van der Waals surface area contributed by atoms with Crippen LogP contribution in [0.5, 0.6) is 5.75 Å². The Labute approximate surface area is 131 Å². The number of rotatable bonds is 7. The fourth-order valence-corrected chi connectivity index (χ4v) is 3.61. The monoisotopic (exact) mass is 413 g/mol. The first-order valence-electron chi connectivity index (χ1n) is 5.85. The van der Waals surface area contributed by atoms with E-state index in [0.29, 0.717) is 5.75 Å². The smallest absolute Gasteiger partial charge is 0.153 e. The van der Waals surface area contributed by atoms with Crippen molar-refractivity contribution in [1.82, 2.24) is 5.32 Å². The molecule has 0 atom stereocenters. The van der Waals surface area contributed by atoms with E-state index in [4.69, 9.17) is 4.74 Å². The van der Waals surface area contributed by atoms with Gasteiger partial charge in [0, 0.05) is 12.3 Å². The van der Waals surface area contributed by atoms with Crippen molar-refractivity contribution in [1.29, 1.82) is 0 Å². The van der Waals surface area contributed by atoms with Gasteiger partial charge >= 0.3 is 0 Å². The van der Waals surface area contributed by atoms with Gasteiger partial charge in [-0.1, -0.05) is 6.92 Å². The molecule has 4 nitrogen and oxygen atoms in total. The molecule has 0 unspecified atom stereocenters. The maximum atomic E-state index is 11.4. The summed E-state index contributed by atoms with van der Waals surface area (Å²) >= 11 is 6.87. The summed E-state index contributed by atoms with van der Waals surface area (Å²) in [5.41, 5.74) is 1.11. The quantitative estimate of drug-likeness (QED) is 0.745. The van der Waals surface area contributed by atoms with E-state index >= 15 is 0 Å². The maximum Gasteiger partial charge on any atom is 0.153 e. The third-order valence-electron chi connectivity index (χ3n) is 2.52. The zero-order chi connectivity index (χ0) is 14.5. The molecule has 108 valence electrons. The number of sulfone groups is 1. The molecule has 0 aliphatic heterocycles. The van der Waals surface area contributed by atoms with Crippen LogP contribution in [0, 0.1) is 0 Å². The Morgan fingerprint density at radius 3 is 2.32 bits per heavy atom. The third-order valence-corrected chi connectivity index (χ3v) is 5.37. The van der Waals surface area contributed by atoms with Crippen LogP contribution < -0.4 is 10.1 Å². The number of benzene rings is 1. The molecule has 0 aliphatic carbocycles. The second kappa shape index (κ2) is 7.61. The van der Waals surface area contributed by atoms with Crippen LogP contribution in [0.3, 0.4) is 0 Å². The molecule has 7 heteroatoms. The van der Waals surface area contributed by atoms with E-state index in [-0.39, 0.29) is 18.1 Å². The van der Waals surface area contributed by atoms with Gasteiger partial charge in [0.15, 0.2) is 9.84 Å². The van der Waals surface area contributed by atoms with Crippen molar-refractivity contribution < 1.29 is 13.2 Å². The van der Waals surface area contributed by atoms with Gasteiger partial charge in [-0.3, -0.25) is 0 Å². The molecule has 0 fully saturated rings. The summed E-state index contributed by atoms with van der Waals surface area (Å²) in [4.78, 5) is 0. The van der Waals surface area contributed by atoms with Gasteiger partial charge in [-0.25, -0.2) is 8.42 Å². The van der Waals surface area contributed by atoms with E-state index in [1.165, 1.54) is 0 Å². The molecule has 1 aromatic carbocycles. The molecule has 1 aromatic rings. The predicted molar refractivity (Wildman–Crippen MR) is 84.4 cm³/mol. The van der Waals surface area contributed by atoms with Crippen LogP contribution in [0.4, 0.5) is 0 Å². The van der Waals surface area contributed by atoms with E-state index in [1.807, 2.05) is 19.2 Å². The van der Waals surface area contributed by atoms with E-state index in [1.54, 1.807) is 6.92 Å². The van der Waals surface area contributed by atoms with Crippen molar-refractivity contribution in [2.75, 3.05) is 25.2 Å². The van der Waals surface area contributed by atoms with Gasteiger partial charge in [0.1, 0.15) is 12.4 Å². The molecule has 0 saturated carbocycles. The number of nitrogens with one attached hydrogen (secondary N) is 1. The maximum absolute atomic E-state index is 11.4. The van der Waals surface area contributed by atoms with Crippen molar-refractivity contribution in [3.05, 3.63) is 26.6 Å². The topological polar surface area (TPSA) is 55.4 Å². The van der Waals surface area contributed by atoms with Crippen LogP contribution in [0.2, 0.25) is 0 Å². The molecule has 0 aromatic heterocycles. The minimum absolute atomic E-state index is 0.0284. The zero-order valence-electron chi connectivity index (χ0n) is 10.9. The van der Waals surface area contributed by atoms with Crippen molar-refractivity contribution in [3.8, 4) is 5.75 Å². The highest BCUT2D eigenvalue weighted by molar-refractivity contribution is 9.11. The van der Waals surface area contributed by atoms with E-state index in [0.717, 1.165) is 21.1 Å². The summed E-state index contributed by atoms with van der Waals surface area (Å²) in [6.07, 6.45) is 0. The summed E-state index contributed by atoms with van der Waals surface area (Å²) < 4.78 is 29.9. The molecule has 0 radical (unpaired) electrons. The molecule has 0 heterocycles. The van der Waals surface area contributed by atoms with Crippen LogP contribution in [0.1, 0.15) is 12.5 Å². The number of halogens is 2. The predicted octanol–water partition coefficient (Wildman–Crippen LogP) is 2.74. The number of ether oxygens (including phenoxy) is 1. The summed E-state index contributed by atoms with van der Waals surface area (Å²) in [5.74, 6) is 0.798. The fraction of sp³-hybridized carbons (Fsp3) is 0.500. The van der Waals surface area contributed by atoms with Crippen LogP contribution in [0.25, 0.3) is 0 Å². The van der Waals surface area contributed by atoms with Crippen LogP contribution in [0.15, 0.2) is 21.1 Å². The normalized spacial score (nSPS) is 11.6. The molecule has 1 N–H and O–H groups in total. The first-order valence-corrected chi connectivity index (χ1v) is 9.26. The fourth-order valence-electron chi connectivity index (χ4n) is 1.47. The molecule has 0 aliphatic rings. The average molecular weight is 415 g/mol. The Morgan fingerprint density at radius 2 is 1.84 bits per heavy atom. The summed E-state index contributed by atoms with van der Waals surface area (Å²) in [6, 6.07) is 3.90. The molecule has 0 spiro atoms. The van der Waals surface area contributed by atoms with E-state index in [2.05, 4.69) is 37.2 Å². The third kappa shape index (κ3) is 5.41. The SMILES string of the molecule is CCS(=O)(=O)CCOc1c(Br)cc(CNC)cc1Br. The van der Waals surface area contributed by atoms with Gasteiger partial charge in [0.25, 0.3) is 0 Å². The Bertz CT molecular complexity index is 509. The van der Waals surface area contributed by atoms with Crippen molar-refractivity contribution in [2.45, 2.75) is 13.5 Å². The van der Waals surface area contributed by atoms with Crippen LogP contribution in [-0.4, -0.2) is 33.6 Å². The summed E-state index contributed by atoms with van der Waals surface area (Å²) in [7, 11) is -1.12. The molecule has 0 saturated heterocycles. The number of hydrogen-bond donors (Lipinski definition) is 1. The zero-order valence-corrected chi connectivity index (χ0v) is 14.9. The first kappa shape index (κ1) is 16.9. The second-order valence-electron chi connectivity index (χ2n) is 4.00. The lowest BCUT2D eigenvalue weighted by Crippen LogP contribution is -2.16. The molecule has 19 heavy (non-hydrogen) atoms. The Hall–Kier alpha value is -0.110. The first-order chi connectivity index (χ1) is 8.89. The molecule has 0 bridgehead atoms. The highest BCUT2D eigenvalue weighted by Gasteiger charge is 2.12. The van der Waals surface area contributed by atoms with Gasteiger partial charge in [0.05, 0.1) is 14.7 Å². The highest BCUT2D eigenvalue weighted by atomic mass is 79.9. The Kier molecular flexibility index (Phi) is 6.79. The Morgan fingerprint density at radius 1 is 1.26 bits per heavy atom. The lowest BCUT2D eigenvalue weighted by molar-refractivity contribution is 0.336. The largest absolute Gasteiger partial charge is 0.490 e. The van der Waals surface area contributed by atoms with Crippen LogP contribution in [-0.2, 0) is 16.4 Å². The molecule has 0 amide bonds. The minimum atomic E-state index is -3.00. The Balaban J connectivity index is 2.74. The standard InChI is InChI=1S/C12H17Br2NO3S/c1-3-19(16,17)5-4-18-12-10(13)6-9(8-15-2)7-11(12)14/h6-7,15H,3-5,8H2,1-2H3.